The summed E-state index contributed by atoms with van der Waals surface area (Å²) >= 11 is 6.07. The van der Waals surface area contributed by atoms with E-state index in [1.54, 1.807) is 31.2 Å². The Hall–Kier alpha value is -1.95. The van der Waals surface area contributed by atoms with Gasteiger partial charge in [0.25, 0.3) is 0 Å². The zero-order valence-electron chi connectivity index (χ0n) is 11.1. The molecule has 0 radical (unpaired) electrons. The first-order chi connectivity index (χ1) is 9.79. The lowest BCUT2D eigenvalue weighted by Crippen LogP contribution is -2.13. The summed E-state index contributed by atoms with van der Waals surface area (Å²) in [5.41, 5.74) is 5.76. The third kappa shape index (κ3) is 3.58. The second-order valence-corrected chi connectivity index (χ2v) is 4.95. The first-order valence-electron chi connectivity index (χ1n) is 6.12. The second-order valence-electron chi connectivity index (χ2n) is 4.54. The molecule has 0 aliphatic rings. The fourth-order valence-electron chi connectivity index (χ4n) is 1.88. The molecule has 0 spiro atoms. The Balaban J connectivity index is 2.29. The summed E-state index contributed by atoms with van der Waals surface area (Å²) in [4.78, 5) is 3.29. The van der Waals surface area contributed by atoms with E-state index >= 15 is 0 Å². The van der Waals surface area contributed by atoms with Gasteiger partial charge in [0.1, 0.15) is 5.69 Å². The van der Waals surface area contributed by atoms with E-state index in [4.69, 9.17) is 17.3 Å². The number of anilines is 2. The van der Waals surface area contributed by atoms with Crippen molar-refractivity contribution >= 4 is 23.0 Å². The lowest BCUT2D eigenvalue weighted by Gasteiger charge is -2.19. The van der Waals surface area contributed by atoms with Crippen LogP contribution in [0.5, 0.6) is 0 Å². The lowest BCUT2D eigenvalue weighted by atomic mass is 10.1. The van der Waals surface area contributed by atoms with E-state index in [2.05, 4.69) is 10.3 Å². The number of nitrogens with zero attached hydrogens (tertiary/aromatic N) is 1. The van der Waals surface area contributed by atoms with Crippen LogP contribution in [-0.2, 0) is 6.18 Å². The molecule has 112 valence electrons. The van der Waals surface area contributed by atoms with Gasteiger partial charge in [-0.25, -0.2) is 4.98 Å². The van der Waals surface area contributed by atoms with Crippen LogP contribution in [0.15, 0.2) is 36.5 Å². The van der Waals surface area contributed by atoms with Crippen LogP contribution in [0.25, 0.3) is 0 Å². The number of nitrogens with one attached hydrogen (secondary N) is 1. The fraction of sp³-hybridized carbons (Fsp3) is 0.214. The van der Waals surface area contributed by atoms with Crippen molar-refractivity contribution in [2.24, 2.45) is 0 Å². The Kier molecular flexibility index (Phi) is 4.27. The summed E-state index contributed by atoms with van der Waals surface area (Å²) in [5.74, 6) is 0. The Labute approximate surface area is 124 Å². The van der Waals surface area contributed by atoms with E-state index in [0.29, 0.717) is 5.02 Å². The molecular formula is C14H13ClF3N3. The van der Waals surface area contributed by atoms with E-state index < -0.39 is 11.9 Å². The molecule has 1 aromatic carbocycles. The molecule has 0 aliphatic heterocycles. The van der Waals surface area contributed by atoms with Crippen molar-refractivity contribution in [2.45, 2.75) is 19.1 Å². The van der Waals surface area contributed by atoms with Crippen molar-refractivity contribution in [2.75, 3.05) is 11.1 Å². The first kappa shape index (κ1) is 15.4. The van der Waals surface area contributed by atoms with E-state index in [0.717, 1.165) is 17.8 Å². The Morgan fingerprint density at radius 2 is 1.95 bits per heavy atom. The first-order valence-corrected chi connectivity index (χ1v) is 6.50. The molecule has 1 aromatic heterocycles. The van der Waals surface area contributed by atoms with Gasteiger partial charge in [0, 0.05) is 5.02 Å². The number of nitrogens with two attached hydrogens (primary N) is 1. The number of benzene rings is 1. The highest BCUT2D eigenvalue weighted by Gasteiger charge is 2.33. The van der Waals surface area contributed by atoms with E-state index in [-0.39, 0.29) is 17.4 Å². The van der Waals surface area contributed by atoms with Gasteiger partial charge in [-0.05, 0) is 24.6 Å². The van der Waals surface area contributed by atoms with Crippen LogP contribution in [0.1, 0.15) is 24.2 Å². The maximum Gasteiger partial charge on any atom is 0.433 e. The van der Waals surface area contributed by atoms with Crippen LogP contribution in [0.3, 0.4) is 0 Å². The van der Waals surface area contributed by atoms with Crippen molar-refractivity contribution in [3.05, 3.63) is 52.8 Å². The second kappa shape index (κ2) is 5.81. The number of hydrogen-bond acceptors (Lipinski definition) is 3. The molecule has 0 aliphatic carbocycles. The van der Waals surface area contributed by atoms with Gasteiger partial charge in [-0.1, -0.05) is 29.8 Å². The van der Waals surface area contributed by atoms with E-state index in [9.17, 15) is 13.2 Å². The van der Waals surface area contributed by atoms with Crippen LogP contribution >= 0.6 is 11.6 Å². The molecule has 0 amide bonds. The third-order valence-electron chi connectivity index (χ3n) is 2.97. The number of alkyl halides is 3. The average Bonchev–Trinajstić information content (AvgIpc) is 2.40. The maximum atomic E-state index is 12.7. The van der Waals surface area contributed by atoms with Crippen molar-refractivity contribution in [3.8, 4) is 0 Å². The topological polar surface area (TPSA) is 50.9 Å². The SMILES string of the molecule is CC(Nc1cc(C(F)(F)F)ncc1N)c1ccccc1Cl. The van der Waals surface area contributed by atoms with Gasteiger partial charge in [0.05, 0.1) is 23.6 Å². The van der Waals surface area contributed by atoms with Gasteiger partial charge in [0.15, 0.2) is 0 Å². The predicted molar refractivity (Wildman–Crippen MR) is 77.1 cm³/mol. The summed E-state index contributed by atoms with van der Waals surface area (Å²) < 4.78 is 38.0. The van der Waals surface area contributed by atoms with Crippen LogP contribution < -0.4 is 11.1 Å². The van der Waals surface area contributed by atoms with E-state index in [1.165, 1.54) is 0 Å². The molecule has 1 atom stereocenters. The van der Waals surface area contributed by atoms with Crippen LogP contribution in [0.4, 0.5) is 24.5 Å². The average molecular weight is 316 g/mol. The predicted octanol–water partition coefficient (Wildman–Crippen LogP) is 4.51. The summed E-state index contributed by atoms with van der Waals surface area (Å²) in [6.45, 7) is 1.79. The molecule has 0 saturated carbocycles. The summed E-state index contributed by atoms with van der Waals surface area (Å²) in [6, 6.07) is 7.68. The molecule has 2 rings (SSSR count). The van der Waals surface area contributed by atoms with Gasteiger partial charge in [-0.2, -0.15) is 13.2 Å². The molecule has 0 bridgehead atoms. The zero-order chi connectivity index (χ0) is 15.6. The smallest absolute Gasteiger partial charge is 0.396 e. The molecule has 3 nitrogen and oxygen atoms in total. The number of rotatable bonds is 3. The molecular weight excluding hydrogens is 303 g/mol. The molecule has 0 saturated heterocycles. The van der Waals surface area contributed by atoms with Crippen LogP contribution in [0, 0.1) is 0 Å². The molecule has 21 heavy (non-hydrogen) atoms. The molecule has 0 fully saturated rings. The van der Waals surface area contributed by atoms with Crippen molar-refractivity contribution < 1.29 is 13.2 Å². The largest absolute Gasteiger partial charge is 0.433 e. The monoisotopic (exact) mass is 315 g/mol. The number of nitrogen functional groups attached to an aromatic ring is 1. The fourth-order valence-corrected chi connectivity index (χ4v) is 2.18. The molecule has 1 unspecified atom stereocenters. The van der Waals surface area contributed by atoms with Crippen molar-refractivity contribution in [1.29, 1.82) is 0 Å². The minimum atomic E-state index is -4.52. The number of hydrogen-bond donors (Lipinski definition) is 2. The third-order valence-corrected chi connectivity index (χ3v) is 3.31. The van der Waals surface area contributed by atoms with Crippen molar-refractivity contribution in [3.63, 3.8) is 0 Å². The highest BCUT2D eigenvalue weighted by Crippen LogP contribution is 2.33. The van der Waals surface area contributed by atoms with Crippen LogP contribution in [-0.4, -0.2) is 4.98 Å². The molecule has 7 heteroatoms. The van der Waals surface area contributed by atoms with Gasteiger partial charge in [0.2, 0.25) is 0 Å². The molecule has 1 heterocycles. The molecule has 3 N–H and O–H groups in total. The number of pyridine rings is 1. The quantitative estimate of drug-likeness (QED) is 0.876. The number of halogens is 4. The highest BCUT2D eigenvalue weighted by molar-refractivity contribution is 6.31. The minimum Gasteiger partial charge on any atom is -0.396 e. The summed E-state index contributed by atoms with van der Waals surface area (Å²) in [5, 5.41) is 3.46. The van der Waals surface area contributed by atoms with Gasteiger partial charge in [-0.3, -0.25) is 0 Å². The van der Waals surface area contributed by atoms with E-state index in [1.807, 2.05) is 0 Å². The Bertz CT molecular complexity index is 644. The van der Waals surface area contributed by atoms with Crippen LogP contribution in [0.2, 0.25) is 5.02 Å². The summed E-state index contributed by atoms with van der Waals surface area (Å²) in [6.07, 6.45) is -3.53. The maximum absolute atomic E-state index is 12.7. The standard InChI is InChI=1S/C14H13ClF3N3/c1-8(9-4-2-3-5-10(9)15)21-12-6-13(14(16,17)18)20-7-11(12)19/h2-8H,19H2,1H3,(H,20,21). The van der Waals surface area contributed by atoms with Crippen molar-refractivity contribution in [1.82, 2.24) is 4.98 Å². The number of aromatic nitrogens is 1. The lowest BCUT2D eigenvalue weighted by molar-refractivity contribution is -0.141. The zero-order valence-corrected chi connectivity index (χ0v) is 11.8. The Morgan fingerprint density at radius 3 is 2.57 bits per heavy atom. The molecule has 2 aromatic rings. The normalized spacial score (nSPS) is 13.0. The summed E-state index contributed by atoms with van der Waals surface area (Å²) in [7, 11) is 0. The van der Waals surface area contributed by atoms with Gasteiger partial charge < -0.3 is 11.1 Å². The van der Waals surface area contributed by atoms with Gasteiger partial charge in [-0.15, -0.1) is 0 Å². The van der Waals surface area contributed by atoms with Gasteiger partial charge >= 0.3 is 6.18 Å². The minimum absolute atomic E-state index is 0.141. The highest BCUT2D eigenvalue weighted by atomic mass is 35.5. The Morgan fingerprint density at radius 1 is 1.29 bits per heavy atom.